The third kappa shape index (κ3) is 4.80. The molecule has 1 amide bonds. The molecule has 1 N–H and O–H groups in total. The predicted molar refractivity (Wildman–Crippen MR) is 135 cm³/mol. The van der Waals surface area contributed by atoms with E-state index in [1.165, 1.54) is 39.6 Å². The Kier molecular flexibility index (Phi) is 6.55. The molecule has 3 aromatic rings. The number of aromatic nitrogens is 1. The summed E-state index contributed by atoms with van der Waals surface area (Å²) in [6.45, 7) is 2.61. The molecular formula is C26H29N3O3S2. The third-order valence-corrected chi connectivity index (χ3v) is 9.53. The van der Waals surface area contributed by atoms with E-state index in [0.29, 0.717) is 36.0 Å². The largest absolute Gasteiger partial charge is 0.302 e. The van der Waals surface area contributed by atoms with Crippen LogP contribution in [0.2, 0.25) is 0 Å². The van der Waals surface area contributed by atoms with Crippen molar-refractivity contribution in [3.05, 3.63) is 64.5 Å². The molecule has 2 aliphatic rings. The summed E-state index contributed by atoms with van der Waals surface area (Å²) in [6, 6.07) is 13.5. The number of nitrogens with zero attached hydrogens (tertiary/aromatic N) is 2. The van der Waals surface area contributed by atoms with Crippen molar-refractivity contribution >= 4 is 32.4 Å². The fourth-order valence-electron chi connectivity index (χ4n) is 4.78. The number of anilines is 1. The molecule has 0 radical (unpaired) electrons. The smallest absolute Gasteiger partial charge is 0.243 e. The minimum absolute atomic E-state index is 0.0845. The molecule has 2 heterocycles. The molecule has 0 unspecified atom stereocenters. The molecule has 1 aliphatic carbocycles. The van der Waals surface area contributed by atoms with Crippen LogP contribution in [0.15, 0.2) is 52.7 Å². The fourth-order valence-corrected chi connectivity index (χ4v) is 6.97. The van der Waals surface area contributed by atoms with Gasteiger partial charge in [0, 0.05) is 30.0 Å². The number of hydrogen-bond donors (Lipinski definition) is 1. The molecule has 1 aliphatic heterocycles. The Morgan fingerprint density at radius 1 is 1.03 bits per heavy atom. The number of carbonyl (C=O) groups excluding carboxylic acids is 1. The van der Waals surface area contributed by atoms with Gasteiger partial charge in [-0.3, -0.25) is 4.79 Å². The van der Waals surface area contributed by atoms with Crippen molar-refractivity contribution < 1.29 is 13.2 Å². The molecule has 0 bridgehead atoms. The summed E-state index contributed by atoms with van der Waals surface area (Å²) in [5, 5.41) is 5.53. The number of hydrogen-bond acceptors (Lipinski definition) is 5. The van der Waals surface area contributed by atoms with Crippen LogP contribution in [0.5, 0.6) is 0 Å². The van der Waals surface area contributed by atoms with Crippen LogP contribution in [0.3, 0.4) is 0 Å². The minimum Gasteiger partial charge on any atom is -0.302 e. The van der Waals surface area contributed by atoms with E-state index in [4.69, 9.17) is 0 Å². The van der Waals surface area contributed by atoms with Gasteiger partial charge in [-0.25, -0.2) is 13.4 Å². The molecule has 6 nitrogen and oxygen atoms in total. The lowest BCUT2D eigenvalue weighted by atomic mass is 9.90. The van der Waals surface area contributed by atoms with Gasteiger partial charge in [-0.1, -0.05) is 29.8 Å². The molecule has 5 rings (SSSR count). The number of benzene rings is 2. The van der Waals surface area contributed by atoms with Gasteiger partial charge in [0.2, 0.25) is 15.9 Å². The normalized spacial score (nSPS) is 17.3. The molecule has 0 spiro atoms. The topological polar surface area (TPSA) is 79.4 Å². The lowest BCUT2D eigenvalue weighted by Gasteiger charge is -2.30. The Hall–Kier alpha value is -2.55. The van der Waals surface area contributed by atoms with Gasteiger partial charge in [0.25, 0.3) is 0 Å². The summed E-state index contributed by atoms with van der Waals surface area (Å²) < 4.78 is 27.3. The molecule has 1 fully saturated rings. The molecule has 2 aromatic carbocycles. The van der Waals surface area contributed by atoms with Crippen molar-refractivity contribution in [2.45, 2.75) is 50.3 Å². The predicted octanol–water partition coefficient (Wildman–Crippen LogP) is 5.04. The first-order chi connectivity index (χ1) is 16.4. The van der Waals surface area contributed by atoms with E-state index in [1.807, 2.05) is 12.3 Å². The average molecular weight is 496 g/mol. The van der Waals surface area contributed by atoms with E-state index in [9.17, 15) is 13.2 Å². The second kappa shape index (κ2) is 9.60. The summed E-state index contributed by atoms with van der Waals surface area (Å²) in [5.41, 5.74) is 5.84. The first-order valence-corrected chi connectivity index (χ1v) is 14.2. The van der Waals surface area contributed by atoms with E-state index in [0.717, 1.165) is 29.7 Å². The fraction of sp³-hybridized carbons (Fsp3) is 0.385. The highest BCUT2D eigenvalue weighted by Crippen LogP contribution is 2.31. The maximum Gasteiger partial charge on any atom is 0.243 e. The molecule has 178 valence electrons. The number of sulfonamides is 1. The summed E-state index contributed by atoms with van der Waals surface area (Å²) >= 11 is 1.43. The lowest BCUT2D eigenvalue weighted by molar-refractivity contribution is -0.120. The highest BCUT2D eigenvalue weighted by atomic mass is 32.2. The minimum atomic E-state index is -3.53. The first kappa shape index (κ1) is 23.2. The van der Waals surface area contributed by atoms with Gasteiger partial charge in [-0.2, -0.15) is 4.31 Å². The van der Waals surface area contributed by atoms with Crippen LogP contribution in [0.25, 0.3) is 11.3 Å². The van der Waals surface area contributed by atoms with Crippen LogP contribution >= 0.6 is 11.3 Å². The van der Waals surface area contributed by atoms with Gasteiger partial charge in [0.15, 0.2) is 5.13 Å². The monoisotopic (exact) mass is 495 g/mol. The number of thiazole rings is 1. The Labute approximate surface area is 205 Å². The number of piperidine rings is 1. The summed E-state index contributed by atoms with van der Waals surface area (Å²) in [6.07, 6.45) is 5.77. The standard InChI is InChI=1S/C26H29N3O3S2/c1-18-6-10-23(11-7-18)34(31,32)29-14-12-20(13-15-29)25(30)28-26-27-24(17-33-26)22-9-8-19-4-2-3-5-21(19)16-22/h6-11,16-17,20H,2-5,12-15H2,1H3,(H,27,28,30). The van der Waals surface area contributed by atoms with E-state index in [-0.39, 0.29) is 11.8 Å². The highest BCUT2D eigenvalue weighted by Gasteiger charge is 2.32. The molecule has 0 atom stereocenters. The van der Waals surface area contributed by atoms with E-state index in [1.54, 1.807) is 24.3 Å². The Morgan fingerprint density at radius 2 is 1.74 bits per heavy atom. The quantitative estimate of drug-likeness (QED) is 0.538. The van der Waals surface area contributed by atoms with Gasteiger partial charge >= 0.3 is 0 Å². The maximum absolute atomic E-state index is 12.9. The van der Waals surface area contributed by atoms with Crippen molar-refractivity contribution in [2.75, 3.05) is 18.4 Å². The molecule has 1 saturated heterocycles. The van der Waals surface area contributed by atoms with Crippen LogP contribution < -0.4 is 5.32 Å². The van der Waals surface area contributed by atoms with Crippen LogP contribution in [-0.4, -0.2) is 36.7 Å². The van der Waals surface area contributed by atoms with Gasteiger partial charge < -0.3 is 5.32 Å². The molecular weight excluding hydrogens is 466 g/mol. The summed E-state index contributed by atoms with van der Waals surface area (Å²) in [7, 11) is -3.53. The van der Waals surface area contributed by atoms with Gasteiger partial charge in [-0.15, -0.1) is 11.3 Å². The maximum atomic E-state index is 12.9. The Morgan fingerprint density at radius 3 is 2.47 bits per heavy atom. The zero-order valence-corrected chi connectivity index (χ0v) is 20.9. The zero-order chi connectivity index (χ0) is 23.7. The number of rotatable bonds is 5. The van der Waals surface area contributed by atoms with Crippen molar-refractivity contribution in [3.8, 4) is 11.3 Å². The number of carbonyl (C=O) groups is 1. The number of fused-ring (bicyclic) bond motifs is 1. The first-order valence-electron chi connectivity index (χ1n) is 11.9. The molecule has 0 saturated carbocycles. The van der Waals surface area contributed by atoms with Gasteiger partial charge in [0.1, 0.15) is 0 Å². The van der Waals surface area contributed by atoms with E-state index in [2.05, 4.69) is 28.5 Å². The number of aryl methyl sites for hydroxylation is 3. The van der Waals surface area contributed by atoms with Gasteiger partial charge in [-0.05, 0) is 74.8 Å². The Balaban J connectivity index is 1.19. The summed E-state index contributed by atoms with van der Waals surface area (Å²) in [4.78, 5) is 17.8. The summed E-state index contributed by atoms with van der Waals surface area (Å²) in [5.74, 6) is -0.306. The number of nitrogens with one attached hydrogen (secondary N) is 1. The number of amides is 1. The van der Waals surface area contributed by atoms with Crippen molar-refractivity contribution in [1.82, 2.24) is 9.29 Å². The lowest BCUT2D eigenvalue weighted by Crippen LogP contribution is -2.41. The third-order valence-electron chi connectivity index (χ3n) is 6.86. The second-order valence-corrected chi connectivity index (χ2v) is 12.0. The average Bonchev–Trinajstić information content (AvgIpc) is 3.32. The van der Waals surface area contributed by atoms with Crippen molar-refractivity contribution in [2.24, 2.45) is 5.92 Å². The van der Waals surface area contributed by atoms with E-state index < -0.39 is 10.0 Å². The Bertz CT molecular complexity index is 1290. The second-order valence-electron chi connectivity index (χ2n) is 9.21. The molecule has 8 heteroatoms. The molecule has 34 heavy (non-hydrogen) atoms. The van der Waals surface area contributed by atoms with Crippen molar-refractivity contribution in [1.29, 1.82) is 0 Å². The van der Waals surface area contributed by atoms with Crippen LogP contribution in [-0.2, 0) is 27.7 Å². The van der Waals surface area contributed by atoms with Gasteiger partial charge in [0.05, 0.1) is 10.6 Å². The zero-order valence-electron chi connectivity index (χ0n) is 19.3. The van der Waals surface area contributed by atoms with Crippen LogP contribution in [0, 0.1) is 12.8 Å². The van der Waals surface area contributed by atoms with E-state index >= 15 is 0 Å². The highest BCUT2D eigenvalue weighted by molar-refractivity contribution is 7.89. The van der Waals surface area contributed by atoms with Crippen LogP contribution in [0.4, 0.5) is 5.13 Å². The SMILES string of the molecule is Cc1ccc(S(=O)(=O)N2CCC(C(=O)Nc3nc(-c4ccc5c(c4)CCCC5)cs3)CC2)cc1. The van der Waals surface area contributed by atoms with Crippen LogP contribution in [0.1, 0.15) is 42.4 Å². The molecule has 1 aromatic heterocycles. The van der Waals surface area contributed by atoms with Crippen molar-refractivity contribution in [3.63, 3.8) is 0 Å².